The van der Waals surface area contributed by atoms with Gasteiger partial charge in [0.2, 0.25) is 11.8 Å². The first-order chi connectivity index (χ1) is 12.2. The number of carbonyl (C=O) groups is 3. The zero-order valence-electron chi connectivity index (χ0n) is 16.0. The van der Waals surface area contributed by atoms with Crippen molar-refractivity contribution in [2.45, 2.75) is 40.0 Å². The summed E-state index contributed by atoms with van der Waals surface area (Å²) < 4.78 is 0. The second kappa shape index (κ2) is 6.74. The van der Waals surface area contributed by atoms with E-state index in [0.717, 1.165) is 29.7 Å². The molecule has 0 saturated carbocycles. The second-order valence-electron chi connectivity index (χ2n) is 8.00. The summed E-state index contributed by atoms with van der Waals surface area (Å²) in [5, 5.41) is 2.43. The number of carbonyl (C=O) groups excluding carboxylic acids is 3. The summed E-state index contributed by atoms with van der Waals surface area (Å²) in [5.74, 6) is -0.343. The molecule has 6 nitrogen and oxygen atoms in total. The number of nitrogens with zero attached hydrogens (tertiary/aromatic N) is 2. The molecule has 1 spiro atoms. The normalized spacial score (nSPS) is 22.9. The fourth-order valence-electron chi connectivity index (χ4n) is 3.99. The number of benzene rings is 1. The molecule has 1 aromatic rings. The van der Waals surface area contributed by atoms with Gasteiger partial charge in [-0.1, -0.05) is 31.5 Å². The highest BCUT2D eigenvalue weighted by atomic mass is 16.2. The zero-order valence-corrected chi connectivity index (χ0v) is 16.0. The Bertz CT molecular complexity index is 759. The molecular formula is C20H27N3O3. The average Bonchev–Trinajstić information content (AvgIpc) is 2.55. The van der Waals surface area contributed by atoms with Crippen LogP contribution in [0.2, 0.25) is 0 Å². The zero-order chi connectivity index (χ0) is 19.1. The van der Waals surface area contributed by atoms with Crippen LogP contribution >= 0.6 is 0 Å². The Balaban J connectivity index is 1.91. The van der Waals surface area contributed by atoms with E-state index in [1.807, 2.05) is 37.1 Å². The molecule has 0 aliphatic carbocycles. The van der Waals surface area contributed by atoms with Gasteiger partial charge in [-0.2, -0.15) is 0 Å². The van der Waals surface area contributed by atoms with Gasteiger partial charge in [0, 0.05) is 25.8 Å². The van der Waals surface area contributed by atoms with E-state index in [2.05, 4.69) is 19.2 Å². The van der Waals surface area contributed by atoms with E-state index in [0.29, 0.717) is 18.9 Å². The Morgan fingerprint density at radius 3 is 2.65 bits per heavy atom. The quantitative estimate of drug-likeness (QED) is 0.841. The molecule has 1 fully saturated rings. The lowest BCUT2D eigenvalue weighted by atomic mass is 9.74. The van der Waals surface area contributed by atoms with Crippen LogP contribution in [0.3, 0.4) is 0 Å². The van der Waals surface area contributed by atoms with Gasteiger partial charge in [0.25, 0.3) is 0 Å². The van der Waals surface area contributed by atoms with Crippen molar-refractivity contribution >= 4 is 23.5 Å². The van der Waals surface area contributed by atoms with E-state index in [9.17, 15) is 14.4 Å². The molecule has 4 amide bonds. The Morgan fingerprint density at radius 2 is 1.96 bits per heavy atom. The first kappa shape index (κ1) is 18.4. The van der Waals surface area contributed by atoms with Crippen LogP contribution in [0.15, 0.2) is 18.2 Å². The Morgan fingerprint density at radius 1 is 1.23 bits per heavy atom. The van der Waals surface area contributed by atoms with Crippen molar-refractivity contribution in [1.82, 2.24) is 10.2 Å². The molecule has 6 heteroatoms. The molecule has 26 heavy (non-hydrogen) atoms. The molecule has 3 rings (SSSR count). The van der Waals surface area contributed by atoms with Crippen molar-refractivity contribution in [3.8, 4) is 0 Å². The highest BCUT2D eigenvalue weighted by Gasteiger charge is 2.56. The van der Waals surface area contributed by atoms with Gasteiger partial charge in [0.05, 0.1) is 0 Å². The van der Waals surface area contributed by atoms with Crippen LogP contribution in [0.1, 0.15) is 37.8 Å². The van der Waals surface area contributed by atoms with Gasteiger partial charge in [-0.3, -0.25) is 19.8 Å². The van der Waals surface area contributed by atoms with Crippen LogP contribution in [0, 0.1) is 18.3 Å². The minimum Gasteiger partial charge on any atom is -0.373 e. The third kappa shape index (κ3) is 3.08. The molecule has 140 valence electrons. The minimum atomic E-state index is -1.23. The van der Waals surface area contributed by atoms with Crippen molar-refractivity contribution in [2.24, 2.45) is 11.3 Å². The largest absolute Gasteiger partial charge is 0.373 e. The predicted molar refractivity (Wildman–Crippen MR) is 99.9 cm³/mol. The van der Waals surface area contributed by atoms with Gasteiger partial charge in [-0.15, -0.1) is 0 Å². The van der Waals surface area contributed by atoms with Crippen LogP contribution in [-0.4, -0.2) is 42.9 Å². The van der Waals surface area contributed by atoms with E-state index in [1.54, 1.807) is 0 Å². The van der Waals surface area contributed by atoms with Crippen LogP contribution in [0.5, 0.6) is 0 Å². The monoisotopic (exact) mass is 357 g/mol. The number of imide groups is 2. The van der Waals surface area contributed by atoms with E-state index in [-0.39, 0.29) is 12.5 Å². The van der Waals surface area contributed by atoms with E-state index in [1.165, 1.54) is 4.90 Å². The SMILES string of the molecule is Cc1ccc2c(c1)CC1(CN2C)C(=O)NC(=O)N(CCCC(C)C)C1=O. The molecule has 2 aliphatic heterocycles. The van der Waals surface area contributed by atoms with Gasteiger partial charge >= 0.3 is 6.03 Å². The summed E-state index contributed by atoms with van der Waals surface area (Å²) in [6.45, 7) is 6.84. The molecule has 0 radical (unpaired) electrons. The maximum atomic E-state index is 13.3. The van der Waals surface area contributed by atoms with Crippen molar-refractivity contribution < 1.29 is 14.4 Å². The maximum absolute atomic E-state index is 13.3. The third-order valence-electron chi connectivity index (χ3n) is 5.36. The molecule has 0 aromatic heterocycles. The molecule has 1 unspecified atom stereocenters. The fourth-order valence-corrected chi connectivity index (χ4v) is 3.99. The number of barbiturate groups is 1. The smallest absolute Gasteiger partial charge is 0.330 e. The maximum Gasteiger partial charge on any atom is 0.330 e. The van der Waals surface area contributed by atoms with Crippen molar-refractivity contribution in [3.63, 3.8) is 0 Å². The summed E-state index contributed by atoms with van der Waals surface area (Å²) in [5.41, 5.74) is 1.85. The van der Waals surface area contributed by atoms with Crippen LogP contribution in [0.4, 0.5) is 10.5 Å². The lowest BCUT2D eigenvalue weighted by Crippen LogP contribution is -2.68. The Labute approximate surface area is 154 Å². The number of anilines is 1. The summed E-state index contributed by atoms with van der Waals surface area (Å²) in [6, 6.07) is 5.48. The second-order valence-corrected chi connectivity index (χ2v) is 8.00. The van der Waals surface area contributed by atoms with Crippen LogP contribution in [-0.2, 0) is 16.0 Å². The molecular weight excluding hydrogens is 330 g/mol. The molecule has 1 saturated heterocycles. The summed E-state index contributed by atoms with van der Waals surface area (Å²) >= 11 is 0. The highest BCUT2D eigenvalue weighted by Crippen LogP contribution is 2.39. The minimum absolute atomic E-state index is 0.279. The van der Waals surface area contributed by atoms with Crippen molar-refractivity contribution in [3.05, 3.63) is 29.3 Å². The first-order valence-corrected chi connectivity index (χ1v) is 9.22. The molecule has 2 heterocycles. The Kier molecular flexibility index (Phi) is 4.78. The molecule has 0 bridgehead atoms. The number of nitrogens with one attached hydrogen (secondary N) is 1. The van der Waals surface area contributed by atoms with Gasteiger partial charge in [-0.05, 0) is 43.7 Å². The predicted octanol–water partition coefficient (Wildman–Crippen LogP) is 2.49. The van der Waals surface area contributed by atoms with Crippen LogP contribution < -0.4 is 10.2 Å². The van der Waals surface area contributed by atoms with Gasteiger partial charge in [-0.25, -0.2) is 4.79 Å². The van der Waals surface area contributed by atoms with E-state index in [4.69, 9.17) is 0 Å². The topological polar surface area (TPSA) is 69.7 Å². The number of hydrogen-bond donors (Lipinski definition) is 1. The first-order valence-electron chi connectivity index (χ1n) is 9.22. The molecule has 2 aliphatic rings. The summed E-state index contributed by atoms with van der Waals surface area (Å²) in [6.07, 6.45) is 2.00. The van der Waals surface area contributed by atoms with Crippen molar-refractivity contribution in [1.29, 1.82) is 0 Å². The van der Waals surface area contributed by atoms with Gasteiger partial charge in [0.15, 0.2) is 0 Å². The number of fused-ring (bicyclic) bond motifs is 1. The Hall–Kier alpha value is -2.37. The average molecular weight is 357 g/mol. The van der Waals surface area contributed by atoms with Gasteiger partial charge in [0.1, 0.15) is 5.41 Å². The van der Waals surface area contributed by atoms with Gasteiger partial charge < -0.3 is 4.90 Å². The number of hydrogen-bond acceptors (Lipinski definition) is 4. The third-order valence-corrected chi connectivity index (χ3v) is 5.36. The molecule has 1 atom stereocenters. The molecule has 1 N–H and O–H groups in total. The highest BCUT2D eigenvalue weighted by molar-refractivity contribution is 6.20. The number of rotatable bonds is 4. The van der Waals surface area contributed by atoms with E-state index < -0.39 is 17.4 Å². The number of urea groups is 1. The molecule has 1 aromatic carbocycles. The van der Waals surface area contributed by atoms with Crippen molar-refractivity contribution in [2.75, 3.05) is 25.0 Å². The van der Waals surface area contributed by atoms with Crippen LogP contribution in [0.25, 0.3) is 0 Å². The fraction of sp³-hybridized carbons (Fsp3) is 0.550. The number of amides is 4. The lowest BCUT2D eigenvalue weighted by molar-refractivity contribution is -0.151. The standard InChI is InChI=1S/C20H27N3O3/c1-13(2)6-5-9-23-18(25)20(17(24)21-19(23)26)11-15-10-14(3)7-8-16(15)22(4)12-20/h7-8,10,13H,5-6,9,11-12H2,1-4H3,(H,21,24,26). The summed E-state index contributed by atoms with van der Waals surface area (Å²) in [4.78, 5) is 41.4. The number of aryl methyl sites for hydroxylation is 1. The lowest BCUT2D eigenvalue weighted by Gasteiger charge is -2.45. The van der Waals surface area contributed by atoms with E-state index >= 15 is 0 Å². The summed E-state index contributed by atoms with van der Waals surface area (Å²) in [7, 11) is 1.88.